The van der Waals surface area contributed by atoms with Crippen molar-refractivity contribution in [2.45, 2.75) is 99.0 Å². The number of allylic oxidation sites excluding steroid dienone is 2. The number of ether oxygens (including phenoxy) is 1. The van der Waals surface area contributed by atoms with E-state index >= 15 is 0 Å². The van der Waals surface area contributed by atoms with Gasteiger partial charge < -0.3 is 4.74 Å². The first kappa shape index (κ1) is 28.6. The van der Waals surface area contributed by atoms with Gasteiger partial charge in [-0.25, -0.2) is 16.8 Å². The van der Waals surface area contributed by atoms with Gasteiger partial charge in [0.25, 0.3) is 0 Å². The van der Waals surface area contributed by atoms with E-state index in [2.05, 4.69) is 13.8 Å². The zero-order chi connectivity index (χ0) is 28.2. The van der Waals surface area contributed by atoms with Crippen molar-refractivity contribution in [3.63, 3.8) is 0 Å². The van der Waals surface area contributed by atoms with Gasteiger partial charge in [0, 0.05) is 7.11 Å². The van der Waals surface area contributed by atoms with Crippen LogP contribution in [-0.2, 0) is 24.4 Å². The second-order valence-corrected chi connectivity index (χ2v) is 17.0. The van der Waals surface area contributed by atoms with Gasteiger partial charge in [-0.05, 0) is 100 Å². The molecule has 2 aromatic carbocycles. The zero-order valence-corrected chi connectivity index (χ0v) is 25.4. The maximum Gasteiger partial charge on any atom is 0.182 e. The molecule has 1 saturated carbocycles. The molecule has 1 fully saturated rings. The van der Waals surface area contributed by atoms with Crippen molar-refractivity contribution >= 4 is 19.7 Å². The topological polar surface area (TPSA) is 77.5 Å². The number of hydrogen-bond acceptors (Lipinski definition) is 5. The third-order valence-corrected chi connectivity index (χ3v) is 14.7. The minimum absolute atomic E-state index is 0.0770. The molecule has 2 unspecified atom stereocenters. The second-order valence-electron chi connectivity index (χ2n) is 12.6. The van der Waals surface area contributed by atoms with Crippen molar-refractivity contribution in [2.24, 2.45) is 17.3 Å². The molecule has 7 heteroatoms. The highest BCUT2D eigenvalue weighted by Crippen LogP contribution is 2.54. The lowest BCUT2D eigenvalue weighted by molar-refractivity contribution is -0.0730. The van der Waals surface area contributed by atoms with Gasteiger partial charge in [-0.3, -0.25) is 0 Å². The Morgan fingerprint density at radius 3 is 1.67 bits per heavy atom. The van der Waals surface area contributed by atoms with Gasteiger partial charge in [0.2, 0.25) is 0 Å². The van der Waals surface area contributed by atoms with Gasteiger partial charge in [-0.2, -0.15) is 0 Å². The van der Waals surface area contributed by atoms with Crippen LogP contribution in [0.3, 0.4) is 0 Å². The molecular weight excluding hydrogens is 528 g/mol. The number of fused-ring (bicyclic) bond motifs is 2. The van der Waals surface area contributed by atoms with E-state index in [4.69, 9.17) is 4.74 Å². The summed E-state index contributed by atoms with van der Waals surface area (Å²) in [5.74, 6) is 0.823. The molecule has 5 rings (SSSR count). The summed E-state index contributed by atoms with van der Waals surface area (Å²) in [6.45, 7) is 8.51. The molecule has 3 aliphatic rings. The molecule has 212 valence electrons. The standard InChI is InChI=1S/C32H42O5S2/c1-21-6-12-26(13-7-21)38(33,34)30-19-23-10-16-28-29(37-5)17-11-25(32(28,3)4)18-24(23)20-31(30)39(35,36)27-14-8-22(2)9-15-27/h6-9,12-15,25,28-31H,10-11,16-20H2,1-5H3/t25-,28-,29-,30?,31?/m0/s1. The van der Waals surface area contributed by atoms with Crippen molar-refractivity contribution in [1.82, 2.24) is 0 Å². The SMILES string of the molecule is CO[C@H]1CC[C@H]2CC3=C(CC[C@@H]1C2(C)C)CC(S(=O)(=O)c1ccc(C)cc1)C(S(=O)(=O)c1ccc(C)cc1)C3. The Bertz CT molecular complexity index is 1450. The molecule has 0 aliphatic heterocycles. The van der Waals surface area contributed by atoms with Crippen LogP contribution in [0.1, 0.15) is 69.9 Å². The predicted molar refractivity (Wildman–Crippen MR) is 155 cm³/mol. The van der Waals surface area contributed by atoms with Crippen molar-refractivity contribution < 1.29 is 21.6 Å². The fourth-order valence-corrected chi connectivity index (χ4v) is 12.0. The summed E-state index contributed by atoms with van der Waals surface area (Å²) >= 11 is 0. The van der Waals surface area contributed by atoms with Gasteiger partial charge in [-0.15, -0.1) is 0 Å². The molecule has 39 heavy (non-hydrogen) atoms. The molecule has 0 spiro atoms. The summed E-state index contributed by atoms with van der Waals surface area (Å²) in [6, 6.07) is 13.6. The van der Waals surface area contributed by atoms with Crippen LogP contribution in [0.5, 0.6) is 0 Å². The predicted octanol–water partition coefficient (Wildman–Crippen LogP) is 6.63. The maximum absolute atomic E-state index is 14.2. The molecule has 0 N–H and O–H groups in total. The average molecular weight is 571 g/mol. The fraction of sp³-hybridized carbons (Fsp3) is 0.562. The van der Waals surface area contributed by atoms with Gasteiger partial charge in [0.15, 0.2) is 19.7 Å². The number of methoxy groups -OCH3 is 1. The Labute approximate surface area is 234 Å². The first-order valence-corrected chi connectivity index (χ1v) is 17.3. The van der Waals surface area contributed by atoms with E-state index < -0.39 is 30.2 Å². The normalized spacial score (nSPS) is 29.3. The third kappa shape index (κ3) is 5.15. The average Bonchev–Trinajstić information content (AvgIpc) is 2.89. The molecule has 0 amide bonds. The molecule has 0 heterocycles. The van der Waals surface area contributed by atoms with Crippen molar-refractivity contribution in [1.29, 1.82) is 0 Å². The van der Waals surface area contributed by atoms with Crippen LogP contribution in [0, 0.1) is 31.1 Å². The highest BCUT2D eigenvalue weighted by Gasteiger charge is 2.50. The Morgan fingerprint density at radius 2 is 1.18 bits per heavy atom. The van der Waals surface area contributed by atoms with Crippen LogP contribution < -0.4 is 0 Å². The van der Waals surface area contributed by atoms with Crippen LogP contribution in [0.15, 0.2) is 69.5 Å². The molecule has 0 saturated heterocycles. The molecule has 3 aliphatic carbocycles. The Morgan fingerprint density at radius 1 is 0.692 bits per heavy atom. The first-order chi connectivity index (χ1) is 18.4. The largest absolute Gasteiger partial charge is 0.381 e. The first-order valence-electron chi connectivity index (χ1n) is 14.2. The molecular formula is C32H42O5S2. The lowest BCUT2D eigenvalue weighted by Gasteiger charge is -2.51. The van der Waals surface area contributed by atoms with E-state index in [1.54, 1.807) is 55.6 Å². The zero-order valence-electron chi connectivity index (χ0n) is 23.8. The van der Waals surface area contributed by atoms with E-state index in [0.717, 1.165) is 48.8 Å². The van der Waals surface area contributed by atoms with Crippen molar-refractivity contribution in [2.75, 3.05) is 7.11 Å². The molecule has 0 radical (unpaired) electrons. The van der Waals surface area contributed by atoms with Crippen molar-refractivity contribution in [3.05, 3.63) is 70.8 Å². The highest BCUT2D eigenvalue weighted by atomic mass is 32.2. The highest BCUT2D eigenvalue weighted by molar-refractivity contribution is 7.96. The number of hydrogen-bond donors (Lipinski definition) is 0. The van der Waals surface area contributed by atoms with Gasteiger partial charge in [0.05, 0.1) is 26.4 Å². The van der Waals surface area contributed by atoms with Crippen LogP contribution in [0.4, 0.5) is 0 Å². The van der Waals surface area contributed by atoms with Gasteiger partial charge >= 0.3 is 0 Å². The summed E-state index contributed by atoms with van der Waals surface area (Å²) in [5.41, 5.74) is 4.35. The fourth-order valence-electron chi connectivity index (χ4n) is 7.52. The Kier molecular flexibility index (Phi) is 7.66. The summed E-state index contributed by atoms with van der Waals surface area (Å²) in [6.07, 6.45) is 5.41. The maximum atomic E-state index is 14.2. The number of benzene rings is 2. The number of sulfone groups is 2. The quantitative estimate of drug-likeness (QED) is 0.377. The van der Waals surface area contributed by atoms with Crippen LogP contribution in [0.25, 0.3) is 0 Å². The molecule has 2 bridgehead atoms. The van der Waals surface area contributed by atoms with Crippen LogP contribution >= 0.6 is 0 Å². The third-order valence-electron chi connectivity index (χ3n) is 10.1. The Balaban J connectivity index is 1.60. The van der Waals surface area contributed by atoms with E-state index in [-0.39, 0.29) is 34.2 Å². The van der Waals surface area contributed by atoms with Gasteiger partial charge in [-0.1, -0.05) is 60.4 Å². The van der Waals surface area contributed by atoms with E-state index in [1.807, 2.05) is 13.8 Å². The minimum Gasteiger partial charge on any atom is -0.381 e. The van der Waals surface area contributed by atoms with Crippen molar-refractivity contribution in [3.8, 4) is 0 Å². The number of rotatable bonds is 5. The lowest BCUT2D eigenvalue weighted by atomic mass is 9.56. The van der Waals surface area contributed by atoms with Gasteiger partial charge in [0.1, 0.15) is 0 Å². The summed E-state index contributed by atoms with van der Waals surface area (Å²) in [4.78, 5) is 0.410. The molecule has 0 aromatic heterocycles. The van der Waals surface area contributed by atoms with Crippen LogP contribution in [-0.4, -0.2) is 40.5 Å². The monoisotopic (exact) mass is 570 g/mol. The summed E-state index contributed by atoms with van der Waals surface area (Å²) in [7, 11) is -5.99. The number of aryl methyl sites for hydroxylation is 2. The van der Waals surface area contributed by atoms with E-state index in [9.17, 15) is 16.8 Å². The Hall–Kier alpha value is -1.96. The van der Waals surface area contributed by atoms with E-state index in [0.29, 0.717) is 11.8 Å². The molecule has 5 nitrogen and oxygen atoms in total. The summed E-state index contributed by atoms with van der Waals surface area (Å²) < 4.78 is 62.6. The summed E-state index contributed by atoms with van der Waals surface area (Å²) in [5, 5.41) is -2.03. The second kappa shape index (κ2) is 10.5. The molecule has 2 aromatic rings. The van der Waals surface area contributed by atoms with E-state index in [1.165, 1.54) is 5.57 Å². The smallest absolute Gasteiger partial charge is 0.182 e. The molecule has 5 atom stereocenters. The minimum atomic E-state index is -3.89. The lowest BCUT2D eigenvalue weighted by Crippen LogP contribution is -2.48. The van der Waals surface area contributed by atoms with Crippen LogP contribution in [0.2, 0.25) is 0 Å².